The van der Waals surface area contributed by atoms with Gasteiger partial charge in [0.05, 0.1) is 12.0 Å². The first kappa shape index (κ1) is 24.0. The summed E-state index contributed by atoms with van der Waals surface area (Å²) in [7, 11) is 0. The Bertz CT molecular complexity index is 1180. The Labute approximate surface area is 192 Å². The lowest BCUT2D eigenvalue weighted by atomic mass is 10.0. The summed E-state index contributed by atoms with van der Waals surface area (Å²) in [4.78, 5) is 36.3. The number of benzene rings is 2. The van der Waals surface area contributed by atoms with Crippen molar-refractivity contribution >= 4 is 22.8 Å². The first-order chi connectivity index (χ1) is 15.8. The van der Waals surface area contributed by atoms with Crippen molar-refractivity contribution in [2.24, 2.45) is 0 Å². The minimum absolute atomic E-state index is 0.0995. The molecule has 0 aliphatic carbocycles. The maximum absolute atomic E-state index is 12.7. The minimum atomic E-state index is -1.37. The molecule has 0 fully saturated rings. The second-order valence-electron chi connectivity index (χ2n) is 8.09. The lowest BCUT2D eigenvalue weighted by molar-refractivity contribution is -0.308. The Kier molecular flexibility index (Phi) is 7.87. The Morgan fingerprint density at radius 1 is 1.15 bits per heavy atom. The van der Waals surface area contributed by atoms with E-state index in [1.165, 1.54) is 13.0 Å². The number of fused-ring (bicyclic) bond motifs is 1. The number of nitrogens with one attached hydrogen (secondary N) is 1. The van der Waals surface area contributed by atoms with Crippen LogP contribution >= 0.6 is 0 Å². The van der Waals surface area contributed by atoms with Gasteiger partial charge >= 0.3 is 5.63 Å². The first-order valence-electron chi connectivity index (χ1n) is 11.1. The average Bonchev–Trinajstić information content (AvgIpc) is 2.79. The van der Waals surface area contributed by atoms with E-state index in [1.807, 2.05) is 12.1 Å². The summed E-state index contributed by atoms with van der Waals surface area (Å²) in [5.41, 5.74) is 2.28. The number of unbranched alkanes of at least 4 members (excludes halogenated alkanes) is 1. The number of carboxylic acid groups (broad SMARTS) is 1. The number of aliphatic carboxylic acids is 1. The number of aryl methyl sites for hydroxylation is 2. The lowest BCUT2D eigenvalue weighted by Crippen LogP contribution is -2.52. The number of carboxylic acids is 1. The molecule has 7 nitrogen and oxygen atoms in total. The Morgan fingerprint density at radius 2 is 1.88 bits per heavy atom. The normalized spacial score (nSPS) is 12.8. The highest BCUT2D eigenvalue weighted by atomic mass is 16.5. The Balaban J connectivity index is 1.77. The fourth-order valence-electron chi connectivity index (χ4n) is 3.69. The van der Waals surface area contributed by atoms with Crippen LogP contribution in [0.15, 0.2) is 57.7 Å². The lowest BCUT2D eigenvalue weighted by Gasteiger charge is -2.23. The van der Waals surface area contributed by atoms with Crippen molar-refractivity contribution in [2.75, 3.05) is 0 Å². The zero-order chi connectivity index (χ0) is 24.0. The highest BCUT2D eigenvalue weighted by molar-refractivity contribution is 5.87. The summed E-state index contributed by atoms with van der Waals surface area (Å²) in [5, 5.41) is 14.9. The molecule has 0 radical (unpaired) electrons. The van der Waals surface area contributed by atoms with E-state index in [0.717, 1.165) is 35.8 Å². The van der Waals surface area contributed by atoms with Gasteiger partial charge in [0.15, 0.2) is 6.10 Å². The topological polar surface area (TPSA) is 109 Å². The summed E-state index contributed by atoms with van der Waals surface area (Å²) in [5.74, 6) is -1.57. The van der Waals surface area contributed by atoms with Crippen LogP contribution in [0.2, 0.25) is 0 Å². The number of rotatable bonds is 10. The molecule has 3 rings (SSSR count). The monoisotopic (exact) mass is 450 g/mol. The molecule has 1 aromatic heterocycles. The van der Waals surface area contributed by atoms with Gasteiger partial charge in [-0.3, -0.25) is 4.79 Å². The summed E-state index contributed by atoms with van der Waals surface area (Å²) in [6, 6.07) is 12.8. The van der Waals surface area contributed by atoms with E-state index in [0.29, 0.717) is 16.9 Å². The predicted molar refractivity (Wildman–Crippen MR) is 123 cm³/mol. The van der Waals surface area contributed by atoms with Crippen LogP contribution in [0.3, 0.4) is 0 Å². The second-order valence-corrected chi connectivity index (χ2v) is 8.09. The zero-order valence-corrected chi connectivity index (χ0v) is 19.1. The number of amides is 1. The minimum Gasteiger partial charge on any atom is -0.548 e. The summed E-state index contributed by atoms with van der Waals surface area (Å²) in [6.07, 6.45) is 1.85. The Hall–Kier alpha value is -3.61. The molecule has 1 amide bonds. The van der Waals surface area contributed by atoms with Gasteiger partial charge in [0.2, 0.25) is 0 Å². The van der Waals surface area contributed by atoms with Crippen LogP contribution in [0.1, 0.15) is 43.4 Å². The summed E-state index contributed by atoms with van der Waals surface area (Å²) < 4.78 is 11.3. The molecule has 33 heavy (non-hydrogen) atoms. The maximum Gasteiger partial charge on any atom is 0.336 e. The van der Waals surface area contributed by atoms with E-state index in [-0.39, 0.29) is 6.42 Å². The van der Waals surface area contributed by atoms with Crippen LogP contribution in [0.4, 0.5) is 0 Å². The number of ether oxygens (including phenoxy) is 1. The highest BCUT2D eigenvalue weighted by Crippen LogP contribution is 2.29. The third-order valence-electron chi connectivity index (χ3n) is 5.55. The van der Waals surface area contributed by atoms with Gasteiger partial charge in [0, 0.05) is 17.0 Å². The third-order valence-corrected chi connectivity index (χ3v) is 5.55. The van der Waals surface area contributed by atoms with Crippen LogP contribution in [0.25, 0.3) is 11.0 Å². The summed E-state index contributed by atoms with van der Waals surface area (Å²) >= 11 is 0. The van der Waals surface area contributed by atoms with Crippen LogP contribution < -0.4 is 20.8 Å². The van der Waals surface area contributed by atoms with Crippen molar-refractivity contribution in [3.05, 3.63) is 75.6 Å². The Morgan fingerprint density at radius 3 is 2.55 bits per heavy atom. The van der Waals surface area contributed by atoms with E-state index in [4.69, 9.17) is 9.15 Å². The number of hydrogen-bond donors (Lipinski definition) is 1. The maximum atomic E-state index is 12.7. The van der Waals surface area contributed by atoms with Gasteiger partial charge in [-0.25, -0.2) is 4.79 Å². The number of carbonyl (C=O) groups excluding carboxylic acids is 2. The molecule has 1 N–H and O–H groups in total. The van der Waals surface area contributed by atoms with Gasteiger partial charge in [0.25, 0.3) is 5.91 Å². The molecule has 1 heterocycles. The molecule has 2 atom stereocenters. The summed E-state index contributed by atoms with van der Waals surface area (Å²) in [6.45, 7) is 5.37. The van der Waals surface area contributed by atoms with Crippen molar-refractivity contribution in [2.45, 2.75) is 58.6 Å². The molecular formula is C26H28NO6-. The van der Waals surface area contributed by atoms with Crippen molar-refractivity contribution in [1.29, 1.82) is 0 Å². The molecule has 0 bridgehead atoms. The van der Waals surface area contributed by atoms with Crippen molar-refractivity contribution in [1.82, 2.24) is 5.32 Å². The molecule has 2 aromatic carbocycles. The van der Waals surface area contributed by atoms with Gasteiger partial charge in [-0.05, 0) is 56.4 Å². The standard InChI is InChI=1S/C26H29NO6/c1-4-5-11-19-15-23(28)33-24-16(2)22(13-12-20(19)24)32-17(3)25(29)27-21(26(30)31)14-18-9-7-6-8-10-18/h6-10,12-13,15,17,21H,4-5,11,14H2,1-3H3,(H,27,29)(H,30,31)/p-1/t17-,21-/m0/s1. The smallest absolute Gasteiger partial charge is 0.336 e. The van der Waals surface area contributed by atoms with Crippen LogP contribution in [0.5, 0.6) is 5.75 Å². The van der Waals surface area contributed by atoms with E-state index in [2.05, 4.69) is 12.2 Å². The van der Waals surface area contributed by atoms with Crippen LogP contribution in [-0.2, 0) is 22.4 Å². The average molecular weight is 451 g/mol. The zero-order valence-electron chi connectivity index (χ0n) is 19.1. The largest absolute Gasteiger partial charge is 0.548 e. The highest BCUT2D eigenvalue weighted by Gasteiger charge is 2.22. The van der Waals surface area contributed by atoms with Crippen molar-refractivity contribution in [3.63, 3.8) is 0 Å². The number of hydrogen-bond acceptors (Lipinski definition) is 6. The molecule has 3 aromatic rings. The molecule has 0 aliphatic rings. The number of carbonyl (C=O) groups is 2. The molecule has 0 unspecified atom stereocenters. The molecule has 0 aliphatic heterocycles. The van der Waals surface area contributed by atoms with Crippen molar-refractivity contribution < 1.29 is 23.8 Å². The van der Waals surface area contributed by atoms with Gasteiger partial charge < -0.3 is 24.4 Å². The molecule has 0 saturated heterocycles. The molecule has 0 saturated carbocycles. The van der Waals surface area contributed by atoms with E-state index < -0.39 is 29.6 Å². The van der Waals surface area contributed by atoms with Gasteiger partial charge in [-0.15, -0.1) is 0 Å². The fourth-order valence-corrected chi connectivity index (χ4v) is 3.69. The fraction of sp³-hybridized carbons (Fsp3) is 0.346. The van der Waals surface area contributed by atoms with Crippen LogP contribution in [-0.4, -0.2) is 24.0 Å². The van der Waals surface area contributed by atoms with Gasteiger partial charge in [-0.2, -0.15) is 0 Å². The second kappa shape index (κ2) is 10.8. The molecule has 0 spiro atoms. The van der Waals surface area contributed by atoms with Gasteiger partial charge in [-0.1, -0.05) is 43.7 Å². The molecular weight excluding hydrogens is 422 g/mol. The predicted octanol–water partition coefficient (Wildman–Crippen LogP) is 2.69. The van der Waals surface area contributed by atoms with E-state index in [9.17, 15) is 19.5 Å². The van der Waals surface area contributed by atoms with Gasteiger partial charge in [0.1, 0.15) is 11.3 Å². The third kappa shape index (κ3) is 6.00. The first-order valence-corrected chi connectivity index (χ1v) is 11.1. The SMILES string of the molecule is CCCCc1cc(=O)oc2c(C)c(O[C@@H](C)C(=O)N[C@@H](Cc3ccccc3)C(=O)[O-])ccc12. The van der Waals surface area contributed by atoms with Crippen molar-refractivity contribution in [3.8, 4) is 5.75 Å². The van der Waals surface area contributed by atoms with E-state index in [1.54, 1.807) is 37.3 Å². The molecule has 174 valence electrons. The van der Waals surface area contributed by atoms with Crippen LogP contribution in [0, 0.1) is 6.92 Å². The quantitative estimate of drug-likeness (QED) is 0.476. The van der Waals surface area contributed by atoms with E-state index >= 15 is 0 Å². The molecule has 7 heteroatoms.